The molecule has 1 aromatic rings. The first-order valence-electron chi connectivity index (χ1n) is 2.84. The Kier molecular flexibility index (Phi) is 3.42. The number of rotatable bonds is 3. The third-order valence-electron chi connectivity index (χ3n) is 1.05. The van der Waals surface area contributed by atoms with Crippen LogP contribution in [0, 0.1) is 11.6 Å². The van der Waals surface area contributed by atoms with Gasteiger partial charge < -0.3 is 0 Å². The molecule has 0 radical (unpaired) electrons. The Morgan fingerprint density at radius 2 is 2.08 bits per heavy atom. The summed E-state index contributed by atoms with van der Waals surface area (Å²) in [4.78, 5) is 0.0189. The summed E-state index contributed by atoms with van der Waals surface area (Å²) in [5, 5.41) is 11.0. The van der Waals surface area contributed by atoms with Crippen LogP contribution in [0.1, 0.15) is 0 Å². The van der Waals surface area contributed by atoms with Gasteiger partial charge >= 0.3 is 0 Å². The third kappa shape index (κ3) is 2.42. The molecule has 0 saturated heterocycles. The Morgan fingerprint density at radius 3 is 2.67 bits per heavy atom. The molecule has 0 saturated carbocycles. The Labute approximate surface area is 71.0 Å². The van der Waals surface area contributed by atoms with Gasteiger partial charge in [0.1, 0.15) is 11.6 Å². The molecule has 0 atom stereocenters. The average Bonchev–Trinajstić information content (AvgIpc) is 2.03. The largest absolute Gasteiger partial charge is 0.220 e. The monoisotopic (exact) mass is 194 g/mol. The van der Waals surface area contributed by atoms with Crippen LogP contribution in [0.3, 0.4) is 0 Å². The highest BCUT2D eigenvalue weighted by molar-refractivity contribution is 7.94. The predicted molar refractivity (Wildman–Crippen MR) is 37.0 cm³/mol. The molecule has 0 spiro atoms. The van der Waals surface area contributed by atoms with Gasteiger partial charge in [-0.1, -0.05) is 5.04 Å². The Balaban J connectivity index is 2.72. The maximum atomic E-state index is 12.7. The minimum Gasteiger partial charge on any atom is -0.220 e. The normalized spacial score (nSPS) is 10.2. The van der Waals surface area contributed by atoms with E-state index in [9.17, 15) is 8.78 Å². The number of benzene rings is 1. The van der Waals surface area contributed by atoms with E-state index in [0.29, 0.717) is 18.1 Å². The van der Waals surface area contributed by atoms with E-state index in [0.717, 1.165) is 12.1 Å². The Morgan fingerprint density at radius 1 is 1.33 bits per heavy atom. The topological polar surface area (TPSA) is 38.7 Å². The van der Waals surface area contributed by atoms with Crippen molar-refractivity contribution in [2.75, 3.05) is 0 Å². The lowest BCUT2D eigenvalue weighted by molar-refractivity contribution is -0.432. The van der Waals surface area contributed by atoms with Crippen LogP contribution in [0.2, 0.25) is 0 Å². The fraction of sp³-hybridized carbons (Fsp3) is 0. The van der Waals surface area contributed by atoms with Gasteiger partial charge in [0, 0.05) is 6.07 Å². The van der Waals surface area contributed by atoms with Crippen molar-refractivity contribution in [2.24, 2.45) is 0 Å². The molecule has 0 fully saturated rings. The van der Waals surface area contributed by atoms with Crippen molar-refractivity contribution in [1.29, 1.82) is 0 Å². The molecule has 0 unspecified atom stereocenters. The van der Waals surface area contributed by atoms with Gasteiger partial charge in [0.05, 0.1) is 16.9 Å². The van der Waals surface area contributed by atoms with E-state index in [1.165, 1.54) is 0 Å². The zero-order valence-corrected chi connectivity index (χ0v) is 6.48. The summed E-state index contributed by atoms with van der Waals surface area (Å²) >= 11 is 0.442. The molecule has 0 heterocycles. The lowest BCUT2D eigenvalue weighted by Gasteiger charge is -1.98. The molecule has 1 rings (SSSR count). The second kappa shape index (κ2) is 4.36. The van der Waals surface area contributed by atoms with Crippen LogP contribution in [0.4, 0.5) is 8.78 Å². The van der Waals surface area contributed by atoms with Gasteiger partial charge in [0.25, 0.3) is 0 Å². The van der Waals surface area contributed by atoms with Crippen LogP contribution >= 0.6 is 12.0 Å². The van der Waals surface area contributed by atoms with Gasteiger partial charge in [-0.15, -0.1) is 4.33 Å². The van der Waals surface area contributed by atoms with Crippen molar-refractivity contribution in [3.63, 3.8) is 0 Å². The summed E-state index contributed by atoms with van der Waals surface area (Å²) in [5.41, 5.74) is 0. The van der Waals surface area contributed by atoms with Crippen molar-refractivity contribution < 1.29 is 23.4 Å². The highest BCUT2D eigenvalue weighted by atomic mass is 32.2. The summed E-state index contributed by atoms with van der Waals surface area (Å²) in [6.45, 7) is 0. The smallest absolute Gasteiger partial charge is 0.142 e. The van der Waals surface area contributed by atoms with Crippen molar-refractivity contribution in [1.82, 2.24) is 0 Å². The quantitative estimate of drug-likeness (QED) is 0.455. The van der Waals surface area contributed by atoms with Crippen molar-refractivity contribution in [2.45, 2.75) is 4.90 Å². The number of hydrogen-bond acceptors (Lipinski definition) is 4. The fourth-order valence-corrected chi connectivity index (χ4v) is 0.961. The maximum Gasteiger partial charge on any atom is 0.142 e. The van der Waals surface area contributed by atoms with Crippen molar-refractivity contribution in [3.8, 4) is 0 Å². The van der Waals surface area contributed by atoms with Gasteiger partial charge in [0.15, 0.2) is 0 Å². The summed E-state index contributed by atoms with van der Waals surface area (Å²) in [6.07, 6.45) is 0. The first kappa shape index (κ1) is 9.40. The highest BCUT2D eigenvalue weighted by Gasteiger charge is 2.04. The molecule has 0 bridgehead atoms. The van der Waals surface area contributed by atoms with Gasteiger partial charge in [-0.25, -0.2) is 14.0 Å². The van der Waals surface area contributed by atoms with E-state index in [1.807, 2.05) is 0 Å². The minimum atomic E-state index is -0.781. The van der Waals surface area contributed by atoms with Crippen molar-refractivity contribution in [3.05, 3.63) is 29.8 Å². The molecule has 0 aliphatic heterocycles. The third-order valence-corrected chi connectivity index (χ3v) is 1.69. The maximum absolute atomic E-state index is 12.7. The standard InChI is InChI=1S/C6H4F2O3S/c7-4-1-2-6(5(8)3-4)12-11-10-9/h1-3,9H. The zero-order valence-electron chi connectivity index (χ0n) is 5.66. The second-order valence-corrected chi connectivity index (χ2v) is 2.54. The molecule has 6 heteroatoms. The van der Waals surface area contributed by atoms with Gasteiger partial charge in [0.2, 0.25) is 0 Å². The van der Waals surface area contributed by atoms with Crippen LogP contribution in [0.5, 0.6) is 0 Å². The molecule has 0 aromatic heterocycles. The van der Waals surface area contributed by atoms with E-state index in [-0.39, 0.29) is 4.90 Å². The van der Waals surface area contributed by atoms with Crippen LogP contribution in [0.25, 0.3) is 0 Å². The van der Waals surface area contributed by atoms with E-state index >= 15 is 0 Å². The lowest BCUT2D eigenvalue weighted by Crippen LogP contribution is -1.85. The van der Waals surface area contributed by atoms with Crippen LogP contribution in [-0.2, 0) is 9.37 Å². The van der Waals surface area contributed by atoms with Gasteiger partial charge in [-0.3, -0.25) is 0 Å². The molecular formula is C6H4F2O3S. The Hall–Kier alpha value is -0.690. The SMILES string of the molecule is OOOSc1ccc(F)cc1F. The predicted octanol–water partition coefficient (Wildman–Crippen LogP) is 2.39. The first-order valence-corrected chi connectivity index (χ1v) is 3.58. The average molecular weight is 194 g/mol. The molecule has 12 heavy (non-hydrogen) atoms. The minimum absolute atomic E-state index is 0.0189. The van der Waals surface area contributed by atoms with E-state index in [1.54, 1.807) is 0 Å². The summed E-state index contributed by atoms with van der Waals surface area (Å²) in [7, 11) is 0. The van der Waals surface area contributed by atoms with Gasteiger partial charge in [-0.2, -0.15) is 0 Å². The molecule has 1 N–H and O–H groups in total. The van der Waals surface area contributed by atoms with E-state index in [4.69, 9.17) is 5.26 Å². The molecule has 0 aliphatic carbocycles. The first-order chi connectivity index (χ1) is 5.74. The molecular weight excluding hydrogens is 190 g/mol. The van der Waals surface area contributed by atoms with Crippen LogP contribution in [-0.4, -0.2) is 5.26 Å². The number of halogens is 2. The summed E-state index contributed by atoms with van der Waals surface area (Å²) < 4.78 is 28.9. The van der Waals surface area contributed by atoms with E-state index < -0.39 is 11.6 Å². The van der Waals surface area contributed by atoms with Crippen LogP contribution in [0.15, 0.2) is 23.1 Å². The fourth-order valence-electron chi connectivity index (χ4n) is 0.595. The molecule has 3 nitrogen and oxygen atoms in total. The Bertz CT molecular complexity index is 269. The molecule has 0 aliphatic rings. The lowest BCUT2D eigenvalue weighted by atomic mass is 10.3. The number of hydrogen-bond donors (Lipinski definition) is 1. The second-order valence-electron chi connectivity index (χ2n) is 1.80. The van der Waals surface area contributed by atoms with Gasteiger partial charge in [-0.05, 0) is 12.1 Å². The summed E-state index contributed by atoms with van der Waals surface area (Å²) in [5.74, 6) is -1.46. The van der Waals surface area contributed by atoms with Crippen molar-refractivity contribution >= 4 is 12.0 Å². The molecule has 0 amide bonds. The van der Waals surface area contributed by atoms with E-state index in [2.05, 4.69) is 9.37 Å². The summed E-state index contributed by atoms with van der Waals surface area (Å²) in [6, 6.07) is 2.92. The highest BCUT2D eigenvalue weighted by Crippen LogP contribution is 2.22. The zero-order chi connectivity index (χ0) is 8.97. The molecule has 1 aromatic carbocycles. The molecule has 66 valence electrons. The van der Waals surface area contributed by atoms with Crippen LogP contribution < -0.4 is 0 Å².